The Balaban J connectivity index is 2.78. The number of nitrogens with one attached hydrogen (secondary N) is 1. The summed E-state index contributed by atoms with van der Waals surface area (Å²) in [6.07, 6.45) is 0. The van der Waals surface area contributed by atoms with Gasteiger partial charge in [0.1, 0.15) is 0 Å². The molecule has 15 heavy (non-hydrogen) atoms. The first kappa shape index (κ1) is 12.0. The lowest BCUT2D eigenvalue weighted by molar-refractivity contribution is 0.0951. The lowest BCUT2D eigenvalue weighted by Crippen LogP contribution is -2.35. The van der Waals surface area contributed by atoms with Crippen molar-refractivity contribution in [1.82, 2.24) is 5.32 Å². The van der Waals surface area contributed by atoms with Crippen LogP contribution >= 0.6 is 11.6 Å². The van der Waals surface area contributed by atoms with Gasteiger partial charge >= 0.3 is 0 Å². The van der Waals surface area contributed by atoms with Gasteiger partial charge < -0.3 is 11.1 Å². The molecule has 0 fully saturated rings. The Kier molecular flexibility index (Phi) is 4.12. The highest BCUT2D eigenvalue weighted by Crippen LogP contribution is 2.18. The summed E-state index contributed by atoms with van der Waals surface area (Å²) >= 11 is 5.92. The highest BCUT2D eigenvalue weighted by molar-refractivity contribution is 6.31. The first-order chi connectivity index (χ1) is 7.02. The highest BCUT2D eigenvalue weighted by atomic mass is 35.5. The second-order valence-electron chi connectivity index (χ2n) is 3.60. The van der Waals surface area contributed by atoms with Crippen molar-refractivity contribution in [1.29, 1.82) is 0 Å². The molecule has 1 aromatic carbocycles. The minimum atomic E-state index is -0.132. The Labute approximate surface area is 94.6 Å². The van der Waals surface area contributed by atoms with Crippen LogP contribution in [0.5, 0.6) is 0 Å². The predicted molar refractivity (Wildman–Crippen MR) is 62.2 cm³/mol. The van der Waals surface area contributed by atoms with Gasteiger partial charge in [-0.15, -0.1) is 0 Å². The molecule has 1 rings (SSSR count). The van der Waals surface area contributed by atoms with Crippen molar-refractivity contribution in [2.24, 2.45) is 5.73 Å². The summed E-state index contributed by atoms with van der Waals surface area (Å²) in [5.74, 6) is -0.132. The molecule has 0 saturated heterocycles. The Morgan fingerprint density at radius 3 is 2.87 bits per heavy atom. The van der Waals surface area contributed by atoms with E-state index in [1.807, 2.05) is 13.8 Å². The van der Waals surface area contributed by atoms with Crippen molar-refractivity contribution in [2.45, 2.75) is 19.9 Å². The molecular weight excluding hydrogens is 212 g/mol. The maximum Gasteiger partial charge on any atom is 0.251 e. The Bertz CT molecular complexity index is 364. The van der Waals surface area contributed by atoms with Crippen LogP contribution in [0.25, 0.3) is 0 Å². The maximum absolute atomic E-state index is 11.7. The largest absolute Gasteiger partial charge is 0.350 e. The Morgan fingerprint density at radius 2 is 2.27 bits per heavy atom. The third kappa shape index (κ3) is 3.22. The van der Waals surface area contributed by atoms with Gasteiger partial charge in [0.2, 0.25) is 0 Å². The number of hydrogen-bond acceptors (Lipinski definition) is 2. The van der Waals surface area contributed by atoms with Crippen LogP contribution in [0.15, 0.2) is 18.2 Å². The molecule has 0 saturated carbocycles. The lowest BCUT2D eigenvalue weighted by atomic mass is 10.1. The van der Waals surface area contributed by atoms with Crippen LogP contribution in [0, 0.1) is 6.92 Å². The van der Waals surface area contributed by atoms with E-state index in [1.165, 1.54) is 0 Å². The minimum Gasteiger partial charge on any atom is -0.350 e. The normalized spacial score (nSPS) is 12.3. The molecule has 0 bridgehead atoms. The number of hydrogen-bond donors (Lipinski definition) is 2. The first-order valence-corrected chi connectivity index (χ1v) is 5.19. The molecule has 1 atom stereocenters. The van der Waals surface area contributed by atoms with Crippen molar-refractivity contribution < 1.29 is 4.79 Å². The monoisotopic (exact) mass is 226 g/mol. The second-order valence-corrected chi connectivity index (χ2v) is 4.01. The van der Waals surface area contributed by atoms with Gasteiger partial charge in [-0.1, -0.05) is 17.7 Å². The molecule has 0 aliphatic rings. The molecular formula is C11H15ClN2O. The van der Waals surface area contributed by atoms with Crippen LogP contribution in [-0.2, 0) is 0 Å². The van der Waals surface area contributed by atoms with Gasteiger partial charge in [0.15, 0.2) is 0 Å². The van der Waals surface area contributed by atoms with Crippen molar-refractivity contribution >= 4 is 17.5 Å². The molecule has 0 spiro atoms. The van der Waals surface area contributed by atoms with E-state index in [0.29, 0.717) is 17.1 Å². The molecule has 3 nitrogen and oxygen atoms in total. The molecule has 0 aliphatic carbocycles. The summed E-state index contributed by atoms with van der Waals surface area (Å²) in [7, 11) is 0. The molecule has 1 aromatic rings. The van der Waals surface area contributed by atoms with E-state index >= 15 is 0 Å². The number of nitrogens with two attached hydrogens (primary N) is 1. The zero-order chi connectivity index (χ0) is 11.4. The van der Waals surface area contributed by atoms with Crippen LogP contribution in [0.2, 0.25) is 5.02 Å². The zero-order valence-electron chi connectivity index (χ0n) is 8.88. The summed E-state index contributed by atoms with van der Waals surface area (Å²) < 4.78 is 0. The third-order valence-electron chi connectivity index (χ3n) is 2.10. The molecule has 3 N–H and O–H groups in total. The van der Waals surface area contributed by atoms with Crippen LogP contribution in [-0.4, -0.2) is 18.5 Å². The molecule has 82 valence electrons. The summed E-state index contributed by atoms with van der Waals surface area (Å²) in [5.41, 5.74) is 6.94. The van der Waals surface area contributed by atoms with E-state index in [9.17, 15) is 4.79 Å². The van der Waals surface area contributed by atoms with E-state index in [1.54, 1.807) is 18.2 Å². The fourth-order valence-electron chi connectivity index (χ4n) is 1.20. The third-order valence-corrected chi connectivity index (χ3v) is 2.51. The Hall–Kier alpha value is -1.06. The molecule has 0 aromatic heterocycles. The van der Waals surface area contributed by atoms with E-state index < -0.39 is 0 Å². The SMILES string of the molecule is Cc1c(Cl)cccc1C(=O)NCC(C)N. The number of halogens is 1. The van der Waals surface area contributed by atoms with E-state index in [2.05, 4.69) is 5.32 Å². The van der Waals surface area contributed by atoms with Crippen molar-refractivity contribution in [3.63, 3.8) is 0 Å². The summed E-state index contributed by atoms with van der Waals surface area (Å²) in [4.78, 5) is 11.7. The topological polar surface area (TPSA) is 55.1 Å². The molecule has 1 unspecified atom stereocenters. The predicted octanol–water partition coefficient (Wildman–Crippen LogP) is 1.73. The zero-order valence-corrected chi connectivity index (χ0v) is 9.64. The fourth-order valence-corrected chi connectivity index (χ4v) is 1.38. The smallest absolute Gasteiger partial charge is 0.251 e. The van der Waals surface area contributed by atoms with Crippen LogP contribution in [0.3, 0.4) is 0 Å². The van der Waals surface area contributed by atoms with E-state index in [0.717, 1.165) is 5.56 Å². The lowest BCUT2D eigenvalue weighted by Gasteiger charge is -2.10. The van der Waals surface area contributed by atoms with Crippen LogP contribution < -0.4 is 11.1 Å². The van der Waals surface area contributed by atoms with E-state index in [4.69, 9.17) is 17.3 Å². The quantitative estimate of drug-likeness (QED) is 0.825. The number of carbonyl (C=O) groups excluding carboxylic acids is 1. The number of carbonyl (C=O) groups is 1. The molecule has 0 radical (unpaired) electrons. The highest BCUT2D eigenvalue weighted by Gasteiger charge is 2.10. The standard InChI is InChI=1S/C11H15ClN2O/c1-7(13)6-14-11(15)9-4-3-5-10(12)8(9)2/h3-5,7H,6,13H2,1-2H3,(H,14,15). The summed E-state index contributed by atoms with van der Waals surface area (Å²) in [6, 6.07) is 5.22. The van der Waals surface area contributed by atoms with Crippen LogP contribution in [0.4, 0.5) is 0 Å². The minimum absolute atomic E-state index is 0.0477. The first-order valence-electron chi connectivity index (χ1n) is 4.81. The number of amides is 1. The van der Waals surface area contributed by atoms with Gasteiger partial charge in [-0.3, -0.25) is 4.79 Å². The van der Waals surface area contributed by atoms with Gasteiger partial charge in [-0.2, -0.15) is 0 Å². The van der Waals surface area contributed by atoms with Crippen molar-refractivity contribution in [2.75, 3.05) is 6.54 Å². The van der Waals surface area contributed by atoms with Gasteiger partial charge in [-0.05, 0) is 31.5 Å². The Morgan fingerprint density at radius 1 is 1.60 bits per heavy atom. The fraction of sp³-hybridized carbons (Fsp3) is 0.364. The molecule has 0 heterocycles. The molecule has 4 heteroatoms. The molecule has 1 amide bonds. The summed E-state index contributed by atoms with van der Waals surface area (Å²) in [5, 5.41) is 3.34. The van der Waals surface area contributed by atoms with Gasteiger partial charge in [0.05, 0.1) is 0 Å². The van der Waals surface area contributed by atoms with Gasteiger partial charge in [-0.25, -0.2) is 0 Å². The van der Waals surface area contributed by atoms with Crippen molar-refractivity contribution in [3.8, 4) is 0 Å². The number of rotatable bonds is 3. The average molecular weight is 227 g/mol. The maximum atomic E-state index is 11.7. The summed E-state index contributed by atoms with van der Waals surface area (Å²) in [6.45, 7) is 4.12. The van der Waals surface area contributed by atoms with Crippen LogP contribution in [0.1, 0.15) is 22.8 Å². The van der Waals surface area contributed by atoms with Crippen molar-refractivity contribution in [3.05, 3.63) is 34.3 Å². The molecule has 0 aliphatic heterocycles. The second kappa shape index (κ2) is 5.14. The average Bonchev–Trinajstić information content (AvgIpc) is 2.18. The van der Waals surface area contributed by atoms with Gasteiger partial charge in [0, 0.05) is 23.2 Å². The van der Waals surface area contributed by atoms with E-state index in [-0.39, 0.29) is 11.9 Å². The van der Waals surface area contributed by atoms with Gasteiger partial charge in [0.25, 0.3) is 5.91 Å². The number of benzene rings is 1.